The summed E-state index contributed by atoms with van der Waals surface area (Å²) >= 11 is 0. The Hall–Kier alpha value is -3.02. The Morgan fingerprint density at radius 3 is 2.72 bits per heavy atom. The third kappa shape index (κ3) is 3.42. The predicted molar refractivity (Wildman–Crippen MR) is 90.7 cm³/mol. The highest BCUT2D eigenvalue weighted by molar-refractivity contribution is 5.95. The van der Waals surface area contributed by atoms with Gasteiger partial charge in [-0.3, -0.25) is 4.79 Å². The Labute approximate surface area is 145 Å². The number of fused-ring (bicyclic) bond motifs is 1. The fourth-order valence-corrected chi connectivity index (χ4v) is 2.87. The number of ether oxygens (including phenoxy) is 3. The molecule has 6 nitrogen and oxygen atoms in total. The van der Waals surface area contributed by atoms with Crippen LogP contribution in [0.3, 0.4) is 0 Å². The van der Waals surface area contributed by atoms with Gasteiger partial charge < -0.3 is 19.5 Å². The molecule has 0 aromatic heterocycles. The zero-order valence-corrected chi connectivity index (χ0v) is 14.1. The van der Waals surface area contributed by atoms with E-state index in [1.54, 1.807) is 32.4 Å². The highest BCUT2D eigenvalue weighted by Gasteiger charge is 2.30. The molecule has 0 unspecified atom stereocenters. The third-order valence-electron chi connectivity index (χ3n) is 4.12. The zero-order valence-electron chi connectivity index (χ0n) is 14.1. The Morgan fingerprint density at radius 1 is 1.16 bits per heavy atom. The van der Waals surface area contributed by atoms with Gasteiger partial charge in [0, 0.05) is 18.5 Å². The van der Waals surface area contributed by atoms with Crippen LogP contribution in [0.25, 0.3) is 0 Å². The SMILES string of the molecule is COc1cccc(CNC(=O)[C@H]2Cc3ccccc3C(=O)O2)c1OC. The van der Waals surface area contributed by atoms with Crippen LogP contribution in [0.5, 0.6) is 11.5 Å². The number of esters is 1. The molecule has 0 fully saturated rings. The van der Waals surface area contributed by atoms with Crippen molar-refractivity contribution in [3.05, 3.63) is 59.2 Å². The molecular formula is C19H19NO5. The number of benzene rings is 2. The molecule has 1 amide bonds. The molecule has 1 N–H and O–H groups in total. The Kier molecular flexibility index (Phi) is 4.88. The average Bonchev–Trinajstić information content (AvgIpc) is 2.65. The smallest absolute Gasteiger partial charge is 0.339 e. The third-order valence-corrected chi connectivity index (χ3v) is 4.12. The summed E-state index contributed by atoms with van der Waals surface area (Å²) in [5, 5.41) is 2.79. The molecule has 3 rings (SSSR count). The van der Waals surface area contributed by atoms with Gasteiger partial charge in [0.2, 0.25) is 0 Å². The summed E-state index contributed by atoms with van der Waals surface area (Å²) in [6.45, 7) is 0.245. The average molecular weight is 341 g/mol. The monoisotopic (exact) mass is 341 g/mol. The first-order valence-electron chi connectivity index (χ1n) is 7.90. The van der Waals surface area contributed by atoms with Gasteiger partial charge in [0.1, 0.15) is 0 Å². The van der Waals surface area contributed by atoms with E-state index in [1.807, 2.05) is 24.3 Å². The number of methoxy groups -OCH3 is 2. The van der Waals surface area contributed by atoms with Gasteiger partial charge in [-0.15, -0.1) is 0 Å². The summed E-state index contributed by atoms with van der Waals surface area (Å²) in [7, 11) is 3.10. The molecule has 2 aromatic carbocycles. The van der Waals surface area contributed by atoms with Gasteiger partial charge in [0.05, 0.1) is 19.8 Å². The minimum absolute atomic E-state index is 0.245. The fraction of sp³-hybridized carbons (Fsp3) is 0.263. The van der Waals surface area contributed by atoms with Crippen molar-refractivity contribution < 1.29 is 23.8 Å². The highest BCUT2D eigenvalue weighted by atomic mass is 16.5. The van der Waals surface area contributed by atoms with Crippen molar-refractivity contribution in [3.63, 3.8) is 0 Å². The molecule has 1 atom stereocenters. The summed E-state index contributed by atoms with van der Waals surface area (Å²) in [6, 6.07) is 12.6. The zero-order chi connectivity index (χ0) is 17.8. The number of amides is 1. The van der Waals surface area contributed by atoms with Crippen LogP contribution >= 0.6 is 0 Å². The maximum Gasteiger partial charge on any atom is 0.339 e. The molecule has 1 aliphatic heterocycles. The summed E-state index contributed by atoms with van der Waals surface area (Å²) in [5.74, 6) is 0.345. The van der Waals surface area contributed by atoms with Crippen LogP contribution in [0.2, 0.25) is 0 Å². The lowest BCUT2D eigenvalue weighted by molar-refractivity contribution is -0.130. The number of rotatable bonds is 5. The second-order valence-corrected chi connectivity index (χ2v) is 5.63. The van der Waals surface area contributed by atoms with Crippen LogP contribution in [0.4, 0.5) is 0 Å². The van der Waals surface area contributed by atoms with Crippen LogP contribution < -0.4 is 14.8 Å². The van der Waals surface area contributed by atoms with Crippen molar-refractivity contribution in [2.75, 3.05) is 14.2 Å². The molecule has 0 aliphatic carbocycles. The van der Waals surface area contributed by atoms with Gasteiger partial charge >= 0.3 is 5.97 Å². The largest absolute Gasteiger partial charge is 0.493 e. The molecule has 1 heterocycles. The van der Waals surface area contributed by atoms with E-state index in [-0.39, 0.29) is 12.5 Å². The Bertz CT molecular complexity index is 802. The molecular weight excluding hydrogens is 322 g/mol. The van der Waals surface area contributed by atoms with Crippen LogP contribution in [-0.2, 0) is 22.5 Å². The van der Waals surface area contributed by atoms with Crippen LogP contribution in [0.1, 0.15) is 21.5 Å². The van der Waals surface area contributed by atoms with Crippen molar-refractivity contribution in [1.29, 1.82) is 0 Å². The number of para-hydroxylation sites is 1. The topological polar surface area (TPSA) is 73.9 Å². The quantitative estimate of drug-likeness (QED) is 0.843. The number of cyclic esters (lactones) is 1. The summed E-state index contributed by atoms with van der Waals surface area (Å²) < 4.78 is 15.9. The first-order chi connectivity index (χ1) is 12.1. The number of carbonyl (C=O) groups is 2. The second-order valence-electron chi connectivity index (χ2n) is 5.63. The summed E-state index contributed by atoms with van der Waals surface area (Å²) in [5.41, 5.74) is 2.11. The van der Waals surface area contributed by atoms with Crippen LogP contribution in [0.15, 0.2) is 42.5 Å². The van der Waals surface area contributed by atoms with Gasteiger partial charge in [0.15, 0.2) is 17.6 Å². The van der Waals surface area contributed by atoms with Crippen molar-refractivity contribution in [3.8, 4) is 11.5 Å². The van der Waals surface area contributed by atoms with Gasteiger partial charge in [-0.05, 0) is 17.7 Å². The molecule has 0 saturated heterocycles. The van der Waals surface area contributed by atoms with E-state index < -0.39 is 12.1 Å². The predicted octanol–water partition coefficient (Wildman–Crippen LogP) is 2.10. The highest BCUT2D eigenvalue weighted by Crippen LogP contribution is 2.30. The number of hydrogen-bond donors (Lipinski definition) is 1. The molecule has 130 valence electrons. The maximum atomic E-state index is 12.4. The van der Waals surface area contributed by atoms with Crippen molar-refractivity contribution in [2.45, 2.75) is 19.1 Å². The number of hydrogen-bond acceptors (Lipinski definition) is 5. The minimum Gasteiger partial charge on any atom is -0.493 e. The molecule has 0 radical (unpaired) electrons. The van der Waals surface area contributed by atoms with Gasteiger partial charge in [-0.1, -0.05) is 30.3 Å². The molecule has 1 aliphatic rings. The molecule has 2 aromatic rings. The van der Waals surface area contributed by atoms with E-state index >= 15 is 0 Å². The lowest BCUT2D eigenvalue weighted by Gasteiger charge is -2.24. The van der Waals surface area contributed by atoms with E-state index in [2.05, 4.69) is 5.32 Å². The van der Waals surface area contributed by atoms with E-state index in [9.17, 15) is 9.59 Å². The van der Waals surface area contributed by atoms with Crippen LogP contribution in [-0.4, -0.2) is 32.2 Å². The number of nitrogens with one attached hydrogen (secondary N) is 1. The van der Waals surface area contributed by atoms with Crippen molar-refractivity contribution >= 4 is 11.9 Å². The molecule has 0 spiro atoms. The second kappa shape index (κ2) is 7.25. The Balaban J connectivity index is 1.69. The molecule has 0 saturated carbocycles. The van der Waals surface area contributed by atoms with Crippen LogP contribution in [0, 0.1) is 0 Å². The van der Waals surface area contributed by atoms with Crippen molar-refractivity contribution in [2.24, 2.45) is 0 Å². The minimum atomic E-state index is -0.834. The first-order valence-corrected chi connectivity index (χ1v) is 7.90. The van der Waals surface area contributed by atoms with Crippen molar-refractivity contribution in [1.82, 2.24) is 5.32 Å². The van der Waals surface area contributed by atoms with Gasteiger partial charge in [-0.25, -0.2) is 4.79 Å². The van der Waals surface area contributed by atoms with E-state index in [1.165, 1.54) is 0 Å². The normalized spacial score (nSPS) is 15.8. The summed E-state index contributed by atoms with van der Waals surface area (Å²) in [4.78, 5) is 24.4. The number of carbonyl (C=O) groups excluding carboxylic acids is 2. The van der Waals surface area contributed by atoms with Gasteiger partial charge in [-0.2, -0.15) is 0 Å². The van der Waals surface area contributed by atoms with E-state index in [0.717, 1.165) is 11.1 Å². The Morgan fingerprint density at radius 2 is 1.96 bits per heavy atom. The fourth-order valence-electron chi connectivity index (χ4n) is 2.87. The first kappa shape index (κ1) is 16.8. The lowest BCUT2D eigenvalue weighted by Crippen LogP contribution is -2.41. The van der Waals surface area contributed by atoms with E-state index in [4.69, 9.17) is 14.2 Å². The maximum absolute atomic E-state index is 12.4. The van der Waals surface area contributed by atoms with E-state index in [0.29, 0.717) is 23.5 Å². The summed E-state index contributed by atoms with van der Waals surface area (Å²) in [6.07, 6.45) is -0.470. The lowest BCUT2D eigenvalue weighted by atomic mass is 9.98. The molecule has 25 heavy (non-hydrogen) atoms. The van der Waals surface area contributed by atoms with Gasteiger partial charge in [0.25, 0.3) is 5.91 Å². The standard InChI is InChI=1S/C19H19NO5/c1-23-15-9-5-7-13(17(15)24-2)11-20-18(21)16-10-12-6-3-4-8-14(12)19(22)25-16/h3-9,16H,10-11H2,1-2H3,(H,20,21)/t16-/m1/s1. The molecule has 6 heteroatoms. The molecule has 0 bridgehead atoms.